The van der Waals surface area contributed by atoms with Crippen LogP contribution >= 0.6 is 0 Å². The van der Waals surface area contributed by atoms with Gasteiger partial charge in [-0.3, -0.25) is 9.59 Å². The van der Waals surface area contributed by atoms with Gasteiger partial charge < -0.3 is 25.4 Å². The van der Waals surface area contributed by atoms with E-state index >= 15 is 0 Å². The largest absolute Gasteiger partial charge is 1.00 e. The van der Waals surface area contributed by atoms with E-state index in [4.69, 9.17) is 0 Å². The predicted octanol–water partition coefficient (Wildman–Crippen LogP) is -5.39. The second-order valence-corrected chi connectivity index (χ2v) is 5.33. The summed E-state index contributed by atoms with van der Waals surface area (Å²) in [5, 5.41) is 15.8. The number of carbonyl (C=O) groups excluding carboxylic acids is 4. The number of hydrogen-bond donors (Lipinski definition) is 2. The molecule has 0 unspecified atom stereocenters. The predicted molar refractivity (Wildman–Crippen MR) is 73.1 cm³/mol. The van der Waals surface area contributed by atoms with E-state index in [1.807, 2.05) is 0 Å². The number of fused-ring (bicyclic) bond motifs is 2. The molecule has 2 heterocycles. The van der Waals surface area contributed by atoms with E-state index in [1.165, 1.54) is 13.0 Å². The molecule has 2 aliphatic heterocycles. The van der Waals surface area contributed by atoms with Crippen LogP contribution in [0.3, 0.4) is 0 Å². The van der Waals surface area contributed by atoms with Gasteiger partial charge in [0.2, 0.25) is 11.8 Å². The molecule has 0 saturated carbocycles. The Morgan fingerprint density at radius 1 is 1.44 bits per heavy atom. The number of nitrogens with zero attached hydrogens (tertiary/aromatic N) is 2. The molecule has 0 aromatic rings. The van der Waals surface area contributed by atoms with Crippen molar-refractivity contribution in [3.63, 3.8) is 0 Å². The van der Waals surface area contributed by atoms with Gasteiger partial charge in [0.05, 0.1) is 19.3 Å². The number of urea groups is 1. The van der Waals surface area contributed by atoms with Gasteiger partial charge in [0.1, 0.15) is 12.0 Å². The fourth-order valence-electron chi connectivity index (χ4n) is 2.57. The van der Waals surface area contributed by atoms with Crippen LogP contribution in [-0.2, 0) is 19.2 Å². The first-order chi connectivity index (χ1) is 11.2. The molecule has 0 aromatic heterocycles. The molecule has 2 aliphatic rings. The zero-order valence-corrected chi connectivity index (χ0v) is 13.9. The maximum atomic E-state index is 13.2. The first-order valence-corrected chi connectivity index (χ1v) is 7.04. The van der Waals surface area contributed by atoms with Crippen molar-refractivity contribution in [2.24, 2.45) is 0 Å². The summed E-state index contributed by atoms with van der Waals surface area (Å²) in [6.07, 6.45) is -1.28. The van der Waals surface area contributed by atoms with Crippen LogP contribution in [0.15, 0.2) is 11.6 Å². The summed E-state index contributed by atoms with van der Waals surface area (Å²) in [5.41, 5.74) is 0.509. The van der Waals surface area contributed by atoms with E-state index in [9.17, 15) is 28.7 Å². The number of carbonyl (C=O) groups is 4. The number of carboxylic acid groups (broad SMARTS) is 1. The number of aliphatic carboxylic acids is 1. The van der Waals surface area contributed by atoms with E-state index in [0.29, 0.717) is 10.6 Å². The molecule has 1 fully saturated rings. The molecule has 12 heteroatoms. The molecule has 2 rings (SSSR count). The second-order valence-electron chi connectivity index (χ2n) is 5.33. The zero-order valence-electron chi connectivity index (χ0n) is 13.9. The molecule has 0 radical (unpaired) electrons. The summed E-state index contributed by atoms with van der Waals surface area (Å²) in [6, 6.07) is -2.51. The Bertz CT molecular complexity index is 615. The maximum absolute atomic E-state index is 13.2. The number of hydrogen-bond acceptors (Lipinski definition) is 6. The average Bonchev–Trinajstić information content (AvgIpc) is 2.72. The van der Waals surface area contributed by atoms with Crippen molar-refractivity contribution in [3.8, 4) is 0 Å². The van der Waals surface area contributed by atoms with Crippen molar-refractivity contribution in [1.82, 2.24) is 20.6 Å². The third-order valence-electron chi connectivity index (χ3n) is 3.56. The van der Waals surface area contributed by atoms with Gasteiger partial charge in [0.25, 0.3) is 6.36 Å². The van der Waals surface area contributed by atoms with Crippen LogP contribution in [0.2, 0.25) is 0 Å². The Hall–Kier alpha value is -2.09. The first-order valence-electron chi connectivity index (χ1n) is 7.04. The van der Waals surface area contributed by atoms with Gasteiger partial charge in [-0.15, -0.1) is 0 Å². The van der Waals surface area contributed by atoms with Crippen LogP contribution in [0.4, 0.5) is 9.18 Å². The Kier molecular flexibility index (Phi) is 6.98. The fraction of sp³-hybridized carbons (Fsp3) is 0.538. The Balaban J connectivity index is 0.00000312. The summed E-state index contributed by atoms with van der Waals surface area (Å²) in [7, 11) is 0. The fourth-order valence-corrected chi connectivity index (χ4v) is 2.57. The number of amides is 4. The van der Waals surface area contributed by atoms with Gasteiger partial charge in [-0.2, -0.15) is 5.06 Å². The van der Waals surface area contributed by atoms with Crippen LogP contribution in [0, 0.1) is 0 Å². The molecule has 132 valence electrons. The first kappa shape index (κ1) is 21.0. The van der Waals surface area contributed by atoms with Crippen molar-refractivity contribution >= 4 is 23.8 Å². The molecule has 2 bridgehead atoms. The number of halogens is 1. The van der Waals surface area contributed by atoms with Gasteiger partial charge in [0, 0.05) is 6.92 Å². The zero-order chi connectivity index (χ0) is 18.0. The number of nitrogens with one attached hydrogen (secondary N) is 2. The van der Waals surface area contributed by atoms with Crippen molar-refractivity contribution in [3.05, 3.63) is 11.6 Å². The Morgan fingerprint density at radius 2 is 2.08 bits per heavy atom. The van der Waals surface area contributed by atoms with Gasteiger partial charge in [-0.05, 0) is 12.5 Å². The quantitative estimate of drug-likeness (QED) is 0.279. The van der Waals surface area contributed by atoms with Crippen molar-refractivity contribution in [1.29, 1.82) is 0 Å². The minimum absolute atomic E-state index is 0. The summed E-state index contributed by atoms with van der Waals surface area (Å²) >= 11 is 0. The van der Waals surface area contributed by atoms with Crippen molar-refractivity contribution in [2.45, 2.75) is 32.3 Å². The van der Waals surface area contributed by atoms with Gasteiger partial charge in [-0.1, -0.05) is 6.08 Å². The second kappa shape index (κ2) is 8.33. The minimum atomic E-state index is -2.80. The topological polar surface area (TPSA) is 131 Å². The van der Waals surface area contributed by atoms with Crippen molar-refractivity contribution < 1.29 is 52.4 Å². The third kappa shape index (κ3) is 4.50. The molecule has 25 heavy (non-hydrogen) atoms. The van der Waals surface area contributed by atoms with Gasteiger partial charge in [0.15, 0.2) is 0 Å². The van der Waals surface area contributed by atoms with E-state index in [0.717, 1.165) is 4.90 Å². The number of rotatable bonds is 6. The number of hydroxylamine groups is 2. The third-order valence-corrected chi connectivity index (χ3v) is 3.56. The molecule has 1 saturated heterocycles. The Morgan fingerprint density at radius 3 is 2.64 bits per heavy atom. The van der Waals surface area contributed by atoms with Crippen LogP contribution in [-0.4, -0.2) is 65.4 Å². The summed E-state index contributed by atoms with van der Waals surface area (Å²) in [4.78, 5) is 51.3. The minimum Gasteiger partial charge on any atom is -0.544 e. The van der Waals surface area contributed by atoms with Crippen LogP contribution in [0.1, 0.15) is 13.8 Å². The van der Waals surface area contributed by atoms with Crippen LogP contribution in [0.5, 0.6) is 0 Å². The molecule has 0 spiro atoms. The standard InChI is InChI=1S/C13H17FN4O6.Li/c1-6-3-8-4-17(9(6)11(20)16-5-15-7(2)19)13(23)18(8)24-10(14)12(21)22;/h3,8-10H,4-5H2,1-2H3,(H,15,19)(H,16,20)(H,21,22);/q;+1/p-1/t8-,9+,10-;/m1./s1. The monoisotopic (exact) mass is 350 g/mol. The van der Waals surface area contributed by atoms with E-state index in [2.05, 4.69) is 15.5 Å². The van der Waals surface area contributed by atoms with Crippen LogP contribution in [0.25, 0.3) is 0 Å². The summed E-state index contributed by atoms with van der Waals surface area (Å²) in [6.45, 7) is 2.81. The van der Waals surface area contributed by atoms with Crippen LogP contribution < -0.4 is 34.6 Å². The molecule has 0 aliphatic carbocycles. The smallest absolute Gasteiger partial charge is 0.544 e. The molecular formula is C13H16FLiN4O6. The molecule has 2 N–H and O–H groups in total. The number of carboxylic acids is 1. The maximum Gasteiger partial charge on any atom is 1.00 e. The van der Waals surface area contributed by atoms with Crippen molar-refractivity contribution in [2.75, 3.05) is 13.2 Å². The van der Waals surface area contributed by atoms with E-state index in [-0.39, 0.29) is 38.0 Å². The summed E-state index contributed by atoms with van der Waals surface area (Å²) in [5.74, 6) is -2.98. The number of alkyl halides is 1. The molecule has 3 atom stereocenters. The normalized spacial score (nSPS) is 22.7. The average molecular weight is 350 g/mol. The van der Waals surface area contributed by atoms with E-state index < -0.39 is 36.3 Å². The van der Waals surface area contributed by atoms with Gasteiger partial charge in [-0.25, -0.2) is 14.0 Å². The molecule has 10 nitrogen and oxygen atoms in total. The molecule has 0 aromatic carbocycles. The summed E-state index contributed by atoms with van der Waals surface area (Å²) < 4.78 is 13.2. The van der Waals surface area contributed by atoms with Gasteiger partial charge >= 0.3 is 24.9 Å². The Labute approximate surface area is 154 Å². The molecular weight excluding hydrogens is 334 g/mol. The molecule has 4 amide bonds. The van der Waals surface area contributed by atoms with E-state index in [1.54, 1.807) is 6.92 Å². The SMILES string of the molecule is CC(=O)NCNC(=O)[C@@H]1C(C)=C[C@@H]2CN1C(=O)N2O[C@@H](F)C(=O)[O-].[Li+].